The van der Waals surface area contributed by atoms with E-state index in [4.69, 9.17) is 5.73 Å². The fraction of sp³-hybridized carbons (Fsp3) is 0.462. The maximum Gasteiger partial charge on any atom is 0.175 e. The van der Waals surface area contributed by atoms with Crippen molar-refractivity contribution in [3.05, 3.63) is 35.2 Å². The van der Waals surface area contributed by atoms with Crippen LogP contribution in [0.2, 0.25) is 0 Å². The van der Waals surface area contributed by atoms with Crippen molar-refractivity contribution < 1.29 is 0 Å². The second-order valence-corrected chi connectivity index (χ2v) is 5.07. The third-order valence-electron chi connectivity index (χ3n) is 2.96. The quantitative estimate of drug-likeness (QED) is 0.894. The van der Waals surface area contributed by atoms with E-state index in [1.807, 2.05) is 13.8 Å². The summed E-state index contributed by atoms with van der Waals surface area (Å²) < 4.78 is 1.76. The highest BCUT2D eigenvalue weighted by molar-refractivity contribution is 5.47. The van der Waals surface area contributed by atoms with E-state index in [0.29, 0.717) is 5.82 Å². The molecule has 2 rings (SSSR count). The molecule has 0 saturated carbocycles. The van der Waals surface area contributed by atoms with Crippen molar-refractivity contribution in [3.63, 3.8) is 0 Å². The van der Waals surface area contributed by atoms with Crippen molar-refractivity contribution in [3.8, 4) is 5.69 Å². The smallest absolute Gasteiger partial charge is 0.175 e. The number of hydrogen-bond acceptors (Lipinski definition) is 4. The maximum absolute atomic E-state index is 6.12. The number of hydrogen-bond donors (Lipinski definition) is 1. The Morgan fingerprint density at radius 3 is 2.67 bits per heavy atom. The van der Waals surface area contributed by atoms with Gasteiger partial charge in [0.05, 0.1) is 11.2 Å². The van der Waals surface area contributed by atoms with E-state index in [0.717, 1.165) is 17.7 Å². The molecule has 0 bridgehead atoms. The largest absolute Gasteiger partial charge is 0.319 e. The van der Waals surface area contributed by atoms with Crippen LogP contribution < -0.4 is 5.73 Å². The monoisotopic (exact) mass is 245 g/mol. The molecule has 0 unspecified atom stereocenters. The van der Waals surface area contributed by atoms with Crippen LogP contribution in [0.5, 0.6) is 0 Å². The van der Waals surface area contributed by atoms with Crippen LogP contribution in [0, 0.1) is 6.92 Å². The van der Waals surface area contributed by atoms with E-state index in [9.17, 15) is 0 Å². The average molecular weight is 245 g/mol. The molecule has 0 aliphatic rings. The zero-order chi connectivity index (χ0) is 13.3. The van der Waals surface area contributed by atoms with Crippen molar-refractivity contribution in [2.45, 2.75) is 39.7 Å². The van der Waals surface area contributed by atoms with E-state index in [1.165, 1.54) is 5.56 Å². The molecule has 0 saturated heterocycles. The molecule has 0 amide bonds. The summed E-state index contributed by atoms with van der Waals surface area (Å²) in [7, 11) is 0. The highest BCUT2D eigenvalue weighted by Crippen LogP contribution is 2.23. The molecule has 1 aromatic carbocycles. The maximum atomic E-state index is 6.12. The Morgan fingerprint density at radius 1 is 1.33 bits per heavy atom. The summed E-state index contributed by atoms with van der Waals surface area (Å²) in [5, 5.41) is 11.9. The molecule has 18 heavy (non-hydrogen) atoms. The van der Waals surface area contributed by atoms with Gasteiger partial charge < -0.3 is 5.73 Å². The first-order chi connectivity index (χ1) is 8.45. The molecule has 1 heterocycles. The molecule has 0 radical (unpaired) electrons. The van der Waals surface area contributed by atoms with Gasteiger partial charge in [0, 0.05) is 0 Å². The predicted octanol–water partition coefficient (Wildman–Crippen LogP) is 1.73. The lowest BCUT2D eigenvalue weighted by atomic mass is 10.0. The van der Waals surface area contributed by atoms with Gasteiger partial charge >= 0.3 is 0 Å². The number of nitrogens with zero attached hydrogens (tertiary/aromatic N) is 4. The van der Waals surface area contributed by atoms with E-state index in [1.54, 1.807) is 4.68 Å². The first kappa shape index (κ1) is 12.7. The Labute approximate surface area is 107 Å². The lowest BCUT2D eigenvalue weighted by molar-refractivity contribution is 0.496. The third-order valence-corrected chi connectivity index (χ3v) is 2.96. The normalized spacial score (nSPS) is 11.8. The van der Waals surface area contributed by atoms with Crippen molar-refractivity contribution in [2.24, 2.45) is 5.73 Å². The lowest BCUT2D eigenvalue weighted by Crippen LogP contribution is -2.33. The van der Waals surface area contributed by atoms with Crippen molar-refractivity contribution in [2.75, 3.05) is 0 Å². The Kier molecular flexibility index (Phi) is 3.17. The molecular formula is C13H19N5. The van der Waals surface area contributed by atoms with Crippen LogP contribution >= 0.6 is 0 Å². The van der Waals surface area contributed by atoms with Gasteiger partial charge in [0.15, 0.2) is 5.82 Å². The SMILES string of the molecule is CCc1cccc(C)c1-n1nnnc1C(C)(C)N. The number of tetrazole rings is 1. The fourth-order valence-electron chi connectivity index (χ4n) is 2.05. The molecule has 2 N–H and O–H groups in total. The van der Waals surface area contributed by atoms with Crippen LogP contribution in [0.25, 0.3) is 5.69 Å². The Balaban J connectivity index is 2.67. The molecule has 96 valence electrons. The molecule has 0 aliphatic carbocycles. The Hall–Kier alpha value is -1.75. The molecule has 2 aromatic rings. The first-order valence-electron chi connectivity index (χ1n) is 6.11. The fourth-order valence-corrected chi connectivity index (χ4v) is 2.05. The van der Waals surface area contributed by atoms with Gasteiger partial charge in [-0.3, -0.25) is 0 Å². The van der Waals surface area contributed by atoms with Crippen LogP contribution in [0.4, 0.5) is 0 Å². The van der Waals surface area contributed by atoms with Gasteiger partial charge in [0.25, 0.3) is 0 Å². The summed E-state index contributed by atoms with van der Waals surface area (Å²) in [6.45, 7) is 7.98. The summed E-state index contributed by atoms with van der Waals surface area (Å²) in [6.07, 6.45) is 0.932. The van der Waals surface area contributed by atoms with Gasteiger partial charge in [0.2, 0.25) is 0 Å². The molecule has 0 fully saturated rings. The van der Waals surface area contributed by atoms with Gasteiger partial charge in [-0.25, -0.2) is 0 Å². The van der Waals surface area contributed by atoms with Gasteiger partial charge in [-0.1, -0.05) is 25.1 Å². The van der Waals surface area contributed by atoms with Crippen molar-refractivity contribution in [1.82, 2.24) is 20.2 Å². The zero-order valence-corrected chi connectivity index (χ0v) is 11.3. The lowest BCUT2D eigenvalue weighted by Gasteiger charge is -2.19. The summed E-state index contributed by atoms with van der Waals surface area (Å²) in [6, 6.07) is 6.20. The van der Waals surface area contributed by atoms with Gasteiger partial charge in [0.1, 0.15) is 0 Å². The molecule has 0 atom stereocenters. The van der Waals surface area contributed by atoms with Crippen LogP contribution in [-0.4, -0.2) is 20.2 Å². The topological polar surface area (TPSA) is 69.6 Å². The molecule has 1 aromatic heterocycles. The standard InChI is InChI=1S/C13H19N5/c1-5-10-8-6-7-9(2)11(10)18-12(13(3,4)14)15-16-17-18/h6-8H,5,14H2,1-4H3. The van der Waals surface area contributed by atoms with Gasteiger partial charge in [-0.2, -0.15) is 4.68 Å². The molecule has 5 nitrogen and oxygen atoms in total. The van der Waals surface area contributed by atoms with E-state index in [-0.39, 0.29) is 0 Å². The van der Waals surface area contributed by atoms with Crippen LogP contribution in [0.1, 0.15) is 37.7 Å². The van der Waals surface area contributed by atoms with E-state index >= 15 is 0 Å². The summed E-state index contributed by atoms with van der Waals surface area (Å²) >= 11 is 0. The predicted molar refractivity (Wildman–Crippen MR) is 70.5 cm³/mol. The average Bonchev–Trinajstić information content (AvgIpc) is 2.76. The number of aryl methyl sites for hydroxylation is 2. The summed E-state index contributed by atoms with van der Waals surface area (Å²) in [5.74, 6) is 0.673. The van der Waals surface area contributed by atoms with Crippen molar-refractivity contribution in [1.29, 1.82) is 0 Å². The Bertz CT molecular complexity index is 551. The second kappa shape index (κ2) is 4.49. The van der Waals surface area contributed by atoms with Crippen LogP contribution in [-0.2, 0) is 12.0 Å². The van der Waals surface area contributed by atoms with E-state index in [2.05, 4.69) is 47.6 Å². The highest BCUT2D eigenvalue weighted by Gasteiger charge is 2.24. The minimum Gasteiger partial charge on any atom is -0.319 e. The Morgan fingerprint density at radius 2 is 2.06 bits per heavy atom. The highest BCUT2D eigenvalue weighted by atomic mass is 15.5. The minimum absolute atomic E-state index is 0.573. The zero-order valence-electron chi connectivity index (χ0n) is 11.3. The van der Waals surface area contributed by atoms with Crippen LogP contribution in [0.15, 0.2) is 18.2 Å². The molecule has 0 aliphatic heterocycles. The number of rotatable bonds is 3. The number of aromatic nitrogens is 4. The van der Waals surface area contributed by atoms with Gasteiger partial charge in [-0.05, 0) is 48.7 Å². The number of para-hydroxylation sites is 1. The van der Waals surface area contributed by atoms with Gasteiger partial charge in [-0.15, -0.1) is 5.10 Å². The molecular weight excluding hydrogens is 226 g/mol. The second-order valence-electron chi connectivity index (χ2n) is 5.07. The third kappa shape index (κ3) is 2.13. The summed E-state index contributed by atoms with van der Waals surface area (Å²) in [4.78, 5) is 0. The first-order valence-corrected chi connectivity index (χ1v) is 6.11. The summed E-state index contributed by atoms with van der Waals surface area (Å²) in [5.41, 5.74) is 8.95. The number of nitrogens with two attached hydrogens (primary N) is 1. The van der Waals surface area contributed by atoms with Crippen LogP contribution in [0.3, 0.4) is 0 Å². The number of benzene rings is 1. The molecule has 0 spiro atoms. The minimum atomic E-state index is -0.573. The molecule has 5 heteroatoms. The van der Waals surface area contributed by atoms with Crippen molar-refractivity contribution >= 4 is 0 Å². The van der Waals surface area contributed by atoms with E-state index < -0.39 is 5.54 Å².